The quantitative estimate of drug-likeness (QED) is 0.648. The molecule has 1 fully saturated rings. The van der Waals surface area contributed by atoms with Gasteiger partial charge in [-0.1, -0.05) is 22.9 Å². The molecule has 1 aliphatic rings. The Morgan fingerprint density at radius 1 is 1.32 bits per heavy atom. The van der Waals surface area contributed by atoms with Crippen molar-refractivity contribution in [2.45, 2.75) is 24.4 Å². The maximum atomic E-state index is 14.2. The Labute approximate surface area is 169 Å². The molecular formula is C19H14ClF2N5S. The van der Waals surface area contributed by atoms with Crippen LogP contribution in [0.5, 0.6) is 0 Å². The number of nitrogens with one attached hydrogen (secondary N) is 1. The summed E-state index contributed by atoms with van der Waals surface area (Å²) < 4.78 is 27.9. The number of hydrogen-bond donors (Lipinski definition) is 1. The van der Waals surface area contributed by atoms with Crippen LogP contribution >= 0.6 is 22.9 Å². The van der Waals surface area contributed by atoms with Crippen LogP contribution in [0.4, 0.5) is 13.9 Å². The number of alkyl halides is 1. The molecule has 0 bridgehead atoms. The van der Waals surface area contributed by atoms with Crippen LogP contribution in [-0.2, 0) is 5.41 Å². The number of hydrogen-bond acceptors (Lipinski definition) is 6. The Bertz CT molecular complexity index is 1060. The van der Waals surface area contributed by atoms with E-state index in [0.717, 1.165) is 0 Å². The van der Waals surface area contributed by atoms with E-state index in [2.05, 4.69) is 26.6 Å². The van der Waals surface area contributed by atoms with E-state index in [-0.39, 0.29) is 18.5 Å². The number of nitriles is 1. The van der Waals surface area contributed by atoms with E-state index in [1.807, 2.05) is 0 Å². The molecule has 1 saturated carbocycles. The molecule has 1 aromatic carbocycles. The average molecular weight is 418 g/mol. The van der Waals surface area contributed by atoms with Gasteiger partial charge in [-0.25, -0.2) is 8.78 Å². The van der Waals surface area contributed by atoms with Gasteiger partial charge in [0, 0.05) is 23.7 Å². The summed E-state index contributed by atoms with van der Waals surface area (Å²) in [7, 11) is 0. The second-order valence-electron chi connectivity index (χ2n) is 6.69. The van der Waals surface area contributed by atoms with Gasteiger partial charge in [0.1, 0.15) is 12.0 Å². The SMILES string of the molecule is N#Cc1ccc(Cl)c(-c2nnc(NCC3(c4ncccc4F)CC(F)C3)s2)c1. The van der Waals surface area contributed by atoms with Crippen molar-refractivity contribution in [3.05, 3.63) is 58.6 Å². The van der Waals surface area contributed by atoms with Gasteiger partial charge in [0.2, 0.25) is 5.13 Å². The highest BCUT2D eigenvalue weighted by atomic mass is 35.5. The summed E-state index contributed by atoms with van der Waals surface area (Å²) in [5.41, 5.74) is 0.641. The zero-order valence-electron chi connectivity index (χ0n) is 14.5. The molecule has 0 atom stereocenters. The van der Waals surface area contributed by atoms with Crippen molar-refractivity contribution in [2.24, 2.45) is 0 Å². The topological polar surface area (TPSA) is 74.5 Å². The van der Waals surface area contributed by atoms with E-state index in [1.54, 1.807) is 18.2 Å². The van der Waals surface area contributed by atoms with E-state index in [9.17, 15) is 8.78 Å². The van der Waals surface area contributed by atoms with Crippen molar-refractivity contribution in [1.29, 1.82) is 5.26 Å². The van der Waals surface area contributed by atoms with Gasteiger partial charge in [0.05, 0.1) is 22.3 Å². The maximum Gasteiger partial charge on any atom is 0.206 e. The Balaban J connectivity index is 1.55. The highest BCUT2D eigenvalue weighted by molar-refractivity contribution is 7.18. The molecule has 4 rings (SSSR count). The molecule has 5 nitrogen and oxygen atoms in total. The van der Waals surface area contributed by atoms with Crippen molar-refractivity contribution in [3.63, 3.8) is 0 Å². The third-order valence-corrected chi connectivity index (χ3v) is 6.06. The fourth-order valence-corrected chi connectivity index (χ4v) is 4.43. The molecular weight excluding hydrogens is 404 g/mol. The minimum atomic E-state index is -0.972. The molecule has 1 aliphatic carbocycles. The molecule has 0 unspecified atom stereocenters. The number of aromatic nitrogens is 3. The van der Waals surface area contributed by atoms with E-state index in [1.165, 1.54) is 29.7 Å². The molecule has 0 aliphatic heterocycles. The van der Waals surface area contributed by atoms with Gasteiger partial charge >= 0.3 is 0 Å². The first-order chi connectivity index (χ1) is 13.5. The van der Waals surface area contributed by atoms with Crippen molar-refractivity contribution in [3.8, 4) is 16.6 Å². The fourth-order valence-electron chi connectivity index (χ4n) is 3.39. The summed E-state index contributed by atoms with van der Waals surface area (Å²) in [5.74, 6) is -0.436. The standard InChI is InChI=1S/C19H14ClF2N5S/c20-14-4-3-11(9-23)6-13(14)17-26-27-18(28-17)25-10-19(7-12(21)8-19)16-15(22)2-1-5-24-16/h1-6,12H,7-8,10H2,(H,25,27). The minimum Gasteiger partial charge on any atom is -0.359 e. The first-order valence-electron chi connectivity index (χ1n) is 8.53. The number of anilines is 1. The molecule has 0 saturated heterocycles. The minimum absolute atomic E-state index is 0.204. The molecule has 2 heterocycles. The van der Waals surface area contributed by atoms with E-state index in [0.29, 0.717) is 32.8 Å². The van der Waals surface area contributed by atoms with Gasteiger partial charge in [-0.3, -0.25) is 4.98 Å². The third-order valence-electron chi connectivity index (χ3n) is 4.81. The fraction of sp³-hybridized carbons (Fsp3) is 0.263. The second kappa shape index (κ2) is 7.41. The highest BCUT2D eigenvalue weighted by Crippen LogP contribution is 2.46. The van der Waals surface area contributed by atoms with Crippen LogP contribution in [0.1, 0.15) is 24.1 Å². The number of benzene rings is 1. The predicted octanol–water partition coefficient (Wildman–Crippen LogP) is 4.75. The van der Waals surface area contributed by atoms with E-state index < -0.39 is 17.4 Å². The van der Waals surface area contributed by atoms with Gasteiger partial charge in [-0.2, -0.15) is 5.26 Å². The number of pyridine rings is 1. The Kier molecular flexibility index (Phi) is 4.96. The lowest BCUT2D eigenvalue weighted by molar-refractivity contribution is 0.0965. The van der Waals surface area contributed by atoms with Gasteiger partial charge in [0.25, 0.3) is 0 Å². The molecule has 0 radical (unpaired) electrons. The van der Waals surface area contributed by atoms with Gasteiger partial charge < -0.3 is 5.32 Å². The van der Waals surface area contributed by atoms with Crippen LogP contribution in [-0.4, -0.2) is 27.9 Å². The van der Waals surface area contributed by atoms with Crippen molar-refractivity contribution < 1.29 is 8.78 Å². The lowest BCUT2D eigenvalue weighted by Crippen LogP contribution is -2.48. The van der Waals surface area contributed by atoms with Crippen LogP contribution in [0.3, 0.4) is 0 Å². The zero-order valence-corrected chi connectivity index (χ0v) is 16.1. The number of rotatable bonds is 5. The third kappa shape index (κ3) is 3.43. The summed E-state index contributed by atoms with van der Waals surface area (Å²) in [4.78, 5) is 4.14. The number of nitrogens with zero attached hydrogens (tertiary/aromatic N) is 4. The molecule has 3 aromatic rings. The first-order valence-corrected chi connectivity index (χ1v) is 9.73. The van der Waals surface area contributed by atoms with Gasteiger partial charge in [-0.15, -0.1) is 10.2 Å². The van der Waals surface area contributed by atoms with Gasteiger partial charge in [-0.05, 0) is 43.2 Å². The van der Waals surface area contributed by atoms with Crippen molar-refractivity contribution in [1.82, 2.24) is 15.2 Å². The largest absolute Gasteiger partial charge is 0.359 e. The molecule has 0 amide bonds. The molecule has 9 heteroatoms. The lowest BCUT2D eigenvalue weighted by atomic mass is 9.65. The number of halogens is 3. The second-order valence-corrected chi connectivity index (χ2v) is 8.08. The Hall–Kier alpha value is -2.63. The average Bonchev–Trinajstić information content (AvgIpc) is 3.14. The summed E-state index contributed by atoms with van der Waals surface area (Å²) in [5, 5.41) is 21.9. The molecule has 0 spiro atoms. The summed E-state index contributed by atoms with van der Waals surface area (Å²) in [6, 6.07) is 9.83. The summed E-state index contributed by atoms with van der Waals surface area (Å²) in [6.45, 7) is 0.294. The highest BCUT2D eigenvalue weighted by Gasteiger charge is 2.48. The van der Waals surface area contributed by atoms with Crippen LogP contribution in [0.2, 0.25) is 5.02 Å². The Morgan fingerprint density at radius 2 is 2.14 bits per heavy atom. The van der Waals surface area contributed by atoms with Crippen LogP contribution in [0.25, 0.3) is 10.6 Å². The molecule has 28 heavy (non-hydrogen) atoms. The van der Waals surface area contributed by atoms with Crippen LogP contribution in [0, 0.1) is 17.1 Å². The summed E-state index contributed by atoms with van der Waals surface area (Å²) in [6.07, 6.45) is 0.949. The maximum absolute atomic E-state index is 14.2. The first kappa shape index (κ1) is 18.7. The van der Waals surface area contributed by atoms with Crippen molar-refractivity contribution >= 4 is 28.1 Å². The van der Waals surface area contributed by atoms with E-state index >= 15 is 0 Å². The van der Waals surface area contributed by atoms with Crippen molar-refractivity contribution in [2.75, 3.05) is 11.9 Å². The van der Waals surface area contributed by atoms with Crippen LogP contribution < -0.4 is 5.32 Å². The van der Waals surface area contributed by atoms with Gasteiger partial charge in [0.15, 0.2) is 5.01 Å². The molecule has 142 valence electrons. The zero-order chi connectivity index (χ0) is 19.7. The van der Waals surface area contributed by atoms with E-state index in [4.69, 9.17) is 16.9 Å². The molecule has 2 aromatic heterocycles. The normalized spacial score (nSPS) is 21.0. The summed E-state index contributed by atoms with van der Waals surface area (Å²) >= 11 is 7.47. The smallest absolute Gasteiger partial charge is 0.206 e. The van der Waals surface area contributed by atoms with Crippen LogP contribution in [0.15, 0.2) is 36.5 Å². The lowest BCUT2D eigenvalue weighted by Gasteiger charge is -2.43. The molecule has 1 N–H and O–H groups in total. The Morgan fingerprint density at radius 3 is 2.86 bits per heavy atom. The monoisotopic (exact) mass is 417 g/mol. The predicted molar refractivity (Wildman–Crippen MR) is 104 cm³/mol.